The zero-order valence-corrected chi connectivity index (χ0v) is 12.2. The van der Waals surface area contributed by atoms with E-state index in [0.717, 1.165) is 6.42 Å². The molecule has 1 aliphatic rings. The fraction of sp³-hybridized carbons (Fsp3) is 0.571. The maximum Gasteiger partial charge on any atom is 0.245 e. The van der Waals surface area contributed by atoms with Crippen molar-refractivity contribution >= 4 is 23.2 Å². The molecule has 2 unspecified atom stereocenters. The monoisotopic (exact) mass is 280 g/mol. The van der Waals surface area contributed by atoms with Crippen LogP contribution in [0.2, 0.25) is 0 Å². The van der Waals surface area contributed by atoms with Gasteiger partial charge < -0.3 is 10.2 Å². The second-order valence-electron chi connectivity index (χ2n) is 4.75. The van der Waals surface area contributed by atoms with Crippen LogP contribution in [-0.2, 0) is 16.0 Å². The van der Waals surface area contributed by atoms with Gasteiger partial charge in [0, 0.05) is 11.4 Å². The molecule has 0 saturated carbocycles. The molecule has 1 aromatic rings. The highest BCUT2D eigenvalue weighted by molar-refractivity contribution is 7.09. The van der Waals surface area contributed by atoms with Gasteiger partial charge in [-0.15, -0.1) is 11.3 Å². The van der Waals surface area contributed by atoms with Crippen LogP contribution in [0.25, 0.3) is 0 Å². The molecule has 0 radical (unpaired) electrons. The predicted molar refractivity (Wildman–Crippen MR) is 76.0 cm³/mol. The standard InChI is InChI=1S/C14H20N2O2S/c1-3-11-14(18)16(12(4-2)13(17)15-11)8-7-10-6-5-9-19-10/h5-6,9,11-12H,3-4,7-8H2,1-2H3,(H,15,17). The van der Waals surface area contributed by atoms with Gasteiger partial charge in [-0.3, -0.25) is 9.59 Å². The van der Waals surface area contributed by atoms with Gasteiger partial charge in [0.2, 0.25) is 11.8 Å². The van der Waals surface area contributed by atoms with Gasteiger partial charge in [-0.05, 0) is 30.7 Å². The Bertz CT molecular complexity index is 444. The first kappa shape index (κ1) is 14.1. The maximum absolute atomic E-state index is 12.3. The number of hydrogen-bond acceptors (Lipinski definition) is 3. The number of piperazine rings is 1. The SMILES string of the molecule is CCC1NC(=O)C(CC)N(CCc2cccs2)C1=O. The molecule has 104 valence electrons. The molecule has 5 heteroatoms. The molecular formula is C14H20N2O2S. The quantitative estimate of drug-likeness (QED) is 0.894. The summed E-state index contributed by atoms with van der Waals surface area (Å²) in [4.78, 5) is 27.4. The molecule has 19 heavy (non-hydrogen) atoms. The Balaban J connectivity index is 2.08. The van der Waals surface area contributed by atoms with Crippen molar-refractivity contribution in [1.29, 1.82) is 0 Å². The normalized spacial score (nSPS) is 23.6. The highest BCUT2D eigenvalue weighted by Crippen LogP contribution is 2.17. The van der Waals surface area contributed by atoms with Gasteiger partial charge in [0.25, 0.3) is 0 Å². The molecule has 2 amide bonds. The highest BCUT2D eigenvalue weighted by Gasteiger charge is 2.38. The molecule has 2 rings (SSSR count). The molecule has 2 heterocycles. The summed E-state index contributed by atoms with van der Waals surface area (Å²) in [6.07, 6.45) is 2.14. The van der Waals surface area contributed by atoms with Crippen molar-refractivity contribution in [3.63, 3.8) is 0 Å². The van der Waals surface area contributed by atoms with Crippen LogP contribution in [0.5, 0.6) is 0 Å². The van der Waals surface area contributed by atoms with Gasteiger partial charge in [0.1, 0.15) is 12.1 Å². The minimum Gasteiger partial charge on any atom is -0.343 e. The number of nitrogens with one attached hydrogen (secondary N) is 1. The predicted octanol–water partition coefficient (Wildman–Crippen LogP) is 1.81. The number of amides is 2. The Morgan fingerprint density at radius 1 is 1.32 bits per heavy atom. The maximum atomic E-state index is 12.3. The Labute approximate surface area is 117 Å². The average Bonchev–Trinajstić information content (AvgIpc) is 2.92. The van der Waals surface area contributed by atoms with E-state index in [9.17, 15) is 9.59 Å². The summed E-state index contributed by atoms with van der Waals surface area (Å²) in [7, 11) is 0. The molecule has 0 spiro atoms. The second kappa shape index (κ2) is 6.19. The Hall–Kier alpha value is -1.36. The van der Waals surface area contributed by atoms with Crippen molar-refractivity contribution in [2.45, 2.75) is 45.2 Å². The number of carbonyl (C=O) groups is 2. The van der Waals surface area contributed by atoms with E-state index in [-0.39, 0.29) is 23.9 Å². The molecular weight excluding hydrogens is 260 g/mol. The zero-order chi connectivity index (χ0) is 13.8. The van der Waals surface area contributed by atoms with Crippen LogP contribution in [0.15, 0.2) is 17.5 Å². The van der Waals surface area contributed by atoms with E-state index in [2.05, 4.69) is 11.4 Å². The minimum atomic E-state index is -0.348. The molecule has 0 bridgehead atoms. The molecule has 1 saturated heterocycles. The summed E-state index contributed by atoms with van der Waals surface area (Å²) in [6.45, 7) is 4.50. The van der Waals surface area contributed by atoms with Crippen molar-refractivity contribution in [1.82, 2.24) is 10.2 Å². The second-order valence-corrected chi connectivity index (χ2v) is 5.79. The number of carbonyl (C=O) groups excluding carboxylic acids is 2. The van der Waals surface area contributed by atoms with Crippen LogP contribution in [0.4, 0.5) is 0 Å². The lowest BCUT2D eigenvalue weighted by molar-refractivity contribution is -0.149. The largest absolute Gasteiger partial charge is 0.343 e. The summed E-state index contributed by atoms with van der Waals surface area (Å²) < 4.78 is 0. The molecule has 1 aromatic heterocycles. The summed E-state index contributed by atoms with van der Waals surface area (Å²) >= 11 is 1.69. The van der Waals surface area contributed by atoms with Gasteiger partial charge in [-0.2, -0.15) is 0 Å². The van der Waals surface area contributed by atoms with Crippen LogP contribution in [0.3, 0.4) is 0 Å². The molecule has 4 nitrogen and oxygen atoms in total. The van der Waals surface area contributed by atoms with Crippen LogP contribution in [-0.4, -0.2) is 35.3 Å². The van der Waals surface area contributed by atoms with Gasteiger partial charge in [-0.25, -0.2) is 0 Å². The third-order valence-corrected chi connectivity index (χ3v) is 4.49. The third-order valence-electron chi connectivity index (χ3n) is 3.55. The van der Waals surface area contributed by atoms with Gasteiger partial charge >= 0.3 is 0 Å². The Morgan fingerprint density at radius 2 is 2.11 bits per heavy atom. The van der Waals surface area contributed by atoms with E-state index in [1.165, 1.54) is 4.88 Å². The first-order chi connectivity index (χ1) is 9.17. The lowest BCUT2D eigenvalue weighted by atomic mass is 10.0. The lowest BCUT2D eigenvalue weighted by Crippen LogP contribution is -2.63. The number of thiophene rings is 1. The number of rotatable bonds is 5. The minimum absolute atomic E-state index is 0.0138. The van der Waals surface area contributed by atoms with Crippen molar-refractivity contribution in [2.24, 2.45) is 0 Å². The van der Waals surface area contributed by atoms with Crippen molar-refractivity contribution in [3.8, 4) is 0 Å². The van der Waals surface area contributed by atoms with Crippen LogP contribution in [0.1, 0.15) is 31.6 Å². The highest BCUT2D eigenvalue weighted by atomic mass is 32.1. The van der Waals surface area contributed by atoms with Crippen molar-refractivity contribution in [3.05, 3.63) is 22.4 Å². The summed E-state index contributed by atoms with van der Waals surface area (Å²) in [5, 5.41) is 4.85. The lowest BCUT2D eigenvalue weighted by Gasteiger charge is -2.38. The van der Waals surface area contributed by atoms with Gasteiger partial charge in [-0.1, -0.05) is 19.9 Å². The van der Waals surface area contributed by atoms with E-state index in [0.29, 0.717) is 19.4 Å². The van der Waals surface area contributed by atoms with E-state index in [4.69, 9.17) is 0 Å². The van der Waals surface area contributed by atoms with Crippen LogP contribution >= 0.6 is 11.3 Å². The van der Waals surface area contributed by atoms with E-state index >= 15 is 0 Å². The number of nitrogens with zero attached hydrogens (tertiary/aromatic N) is 1. The topological polar surface area (TPSA) is 49.4 Å². The molecule has 1 N–H and O–H groups in total. The van der Waals surface area contributed by atoms with Crippen molar-refractivity contribution in [2.75, 3.05) is 6.54 Å². The third kappa shape index (κ3) is 2.97. The summed E-state index contributed by atoms with van der Waals surface area (Å²) in [6, 6.07) is 3.42. The fourth-order valence-corrected chi connectivity index (χ4v) is 3.16. The van der Waals surface area contributed by atoms with Crippen LogP contribution in [0, 0.1) is 0 Å². The molecule has 1 aliphatic heterocycles. The van der Waals surface area contributed by atoms with Crippen LogP contribution < -0.4 is 5.32 Å². The van der Waals surface area contributed by atoms with Gasteiger partial charge in [0.05, 0.1) is 0 Å². The van der Waals surface area contributed by atoms with Gasteiger partial charge in [0.15, 0.2) is 0 Å². The molecule has 0 aromatic carbocycles. The number of hydrogen-bond donors (Lipinski definition) is 1. The first-order valence-corrected chi connectivity index (χ1v) is 7.68. The molecule has 1 fully saturated rings. The summed E-state index contributed by atoms with van der Waals surface area (Å²) in [5.41, 5.74) is 0. The molecule has 2 atom stereocenters. The van der Waals surface area contributed by atoms with E-state index in [1.54, 1.807) is 16.2 Å². The van der Waals surface area contributed by atoms with E-state index in [1.807, 2.05) is 25.3 Å². The average molecular weight is 280 g/mol. The van der Waals surface area contributed by atoms with E-state index < -0.39 is 0 Å². The van der Waals surface area contributed by atoms with Crippen molar-refractivity contribution < 1.29 is 9.59 Å². The zero-order valence-electron chi connectivity index (χ0n) is 11.4. The summed E-state index contributed by atoms with van der Waals surface area (Å²) in [5.74, 6) is 0.0469. The molecule has 0 aliphatic carbocycles. The Morgan fingerprint density at radius 3 is 2.68 bits per heavy atom. The smallest absolute Gasteiger partial charge is 0.245 e. The fourth-order valence-electron chi connectivity index (χ4n) is 2.46. The Kier molecular flexibility index (Phi) is 4.58. The first-order valence-electron chi connectivity index (χ1n) is 6.80.